The van der Waals surface area contributed by atoms with Gasteiger partial charge in [-0.2, -0.15) is 0 Å². The summed E-state index contributed by atoms with van der Waals surface area (Å²) in [5.74, 6) is 0.104. The second kappa shape index (κ2) is 8.73. The Bertz CT molecular complexity index is 974. The minimum absolute atomic E-state index is 0.134. The maximum absolute atomic E-state index is 12.2. The molecule has 0 radical (unpaired) electrons. The number of hydrogen-bond acceptors (Lipinski definition) is 6. The van der Waals surface area contributed by atoms with Crippen molar-refractivity contribution in [1.82, 2.24) is 10.2 Å². The molecule has 0 saturated heterocycles. The highest BCUT2D eigenvalue weighted by atomic mass is 35.5. The van der Waals surface area contributed by atoms with Gasteiger partial charge in [0.1, 0.15) is 0 Å². The SMILES string of the molecule is Cc1ccc(NC(=O)CSc2nnc(Nc3cccc(C)c3C)s2)c(Cl)c1. The van der Waals surface area contributed by atoms with Crippen LogP contribution in [0.15, 0.2) is 40.7 Å². The topological polar surface area (TPSA) is 66.9 Å². The number of nitrogens with zero attached hydrogens (tertiary/aromatic N) is 2. The molecule has 3 aromatic rings. The Hall–Kier alpha value is -2.09. The fraction of sp³-hybridized carbons (Fsp3) is 0.211. The number of nitrogens with one attached hydrogen (secondary N) is 2. The highest BCUT2D eigenvalue weighted by Gasteiger charge is 2.11. The van der Waals surface area contributed by atoms with Crippen LogP contribution in [0.2, 0.25) is 5.02 Å². The molecule has 0 aliphatic heterocycles. The standard InChI is InChI=1S/C19H19ClN4OS2/c1-11-7-8-16(14(20)9-11)21-17(25)10-26-19-24-23-18(27-19)22-15-6-4-5-12(2)13(15)3/h4-9H,10H2,1-3H3,(H,21,25)(H,22,23). The average molecular weight is 419 g/mol. The fourth-order valence-electron chi connectivity index (χ4n) is 2.36. The number of amides is 1. The summed E-state index contributed by atoms with van der Waals surface area (Å²) in [6.45, 7) is 6.09. The molecule has 0 fully saturated rings. The summed E-state index contributed by atoms with van der Waals surface area (Å²) < 4.78 is 0.730. The van der Waals surface area contributed by atoms with E-state index in [0.29, 0.717) is 15.8 Å². The summed E-state index contributed by atoms with van der Waals surface area (Å²) in [6, 6.07) is 11.6. The lowest BCUT2D eigenvalue weighted by Gasteiger charge is -2.08. The van der Waals surface area contributed by atoms with Crippen LogP contribution in [-0.4, -0.2) is 21.9 Å². The highest BCUT2D eigenvalue weighted by Crippen LogP contribution is 2.30. The van der Waals surface area contributed by atoms with Crippen LogP contribution in [0.4, 0.5) is 16.5 Å². The van der Waals surface area contributed by atoms with E-state index in [0.717, 1.165) is 15.6 Å². The van der Waals surface area contributed by atoms with Crippen LogP contribution in [0.3, 0.4) is 0 Å². The summed E-state index contributed by atoms with van der Waals surface area (Å²) in [4.78, 5) is 12.2. The van der Waals surface area contributed by atoms with Gasteiger partial charge in [-0.1, -0.05) is 52.9 Å². The number of anilines is 3. The normalized spacial score (nSPS) is 10.7. The second-order valence-corrected chi connectivity index (χ2v) is 8.67. The van der Waals surface area contributed by atoms with Crippen molar-refractivity contribution < 1.29 is 4.79 Å². The van der Waals surface area contributed by atoms with Crippen LogP contribution in [0.5, 0.6) is 0 Å². The van der Waals surface area contributed by atoms with Crippen molar-refractivity contribution >= 4 is 57.1 Å². The first-order valence-electron chi connectivity index (χ1n) is 8.28. The summed E-state index contributed by atoms with van der Waals surface area (Å²) >= 11 is 8.91. The minimum atomic E-state index is -0.134. The summed E-state index contributed by atoms with van der Waals surface area (Å²) in [6.07, 6.45) is 0. The Balaban J connectivity index is 1.56. The number of aryl methyl sites for hydroxylation is 2. The number of hydrogen-bond donors (Lipinski definition) is 2. The zero-order chi connectivity index (χ0) is 19.4. The van der Waals surface area contributed by atoms with Gasteiger partial charge in [-0.05, 0) is 55.7 Å². The molecule has 8 heteroatoms. The van der Waals surface area contributed by atoms with E-state index in [9.17, 15) is 4.79 Å². The van der Waals surface area contributed by atoms with Crippen LogP contribution < -0.4 is 10.6 Å². The predicted molar refractivity (Wildman–Crippen MR) is 115 cm³/mol. The third kappa shape index (κ3) is 5.22. The number of aromatic nitrogens is 2. The maximum atomic E-state index is 12.2. The van der Waals surface area contributed by atoms with Gasteiger partial charge in [0.2, 0.25) is 11.0 Å². The Morgan fingerprint density at radius 1 is 1.15 bits per heavy atom. The molecule has 0 aliphatic carbocycles. The molecule has 2 N–H and O–H groups in total. The van der Waals surface area contributed by atoms with E-state index in [1.807, 2.05) is 31.2 Å². The molecule has 1 aromatic heterocycles. The largest absolute Gasteiger partial charge is 0.330 e. The summed E-state index contributed by atoms with van der Waals surface area (Å²) in [5, 5.41) is 15.6. The minimum Gasteiger partial charge on any atom is -0.330 e. The van der Waals surface area contributed by atoms with E-state index in [1.165, 1.54) is 34.2 Å². The number of halogens is 1. The first-order chi connectivity index (χ1) is 12.9. The van der Waals surface area contributed by atoms with E-state index >= 15 is 0 Å². The zero-order valence-corrected chi connectivity index (χ0v) is 17.6. The zero-order valence-electron chi connectivity index (χ0n) is 15.2. The van der Waals surface area contributed by atoms with Crippen LogP contribution in [0, 0.1) is 20.8 Å². The van der Waals surface area contributed by atoms with Gasteiger partial charge in [0, 0.05) is 5.69 Å². The van der Waals surface area contributed by atoms with Gasteiger partial charge >= 0.3 is 0 Å². The van der Waals surface area contributed by atoms with Gasteiger partial charge in [0.15, 0.2) is 4.34 Å². The Kier molecular flexibility index (Phi) is 6.36. The lowest BCUT2D eigenvalue weighted by Crippen LogP contribution is -2.14. The number of benzene rings is 2. The predicted octanol–water partition coefficient (Wildman–Crippen LogP) is 5.59. The quantitative estimate of drug-likeness (QED) is 0.510. The molecule has 1 heterocycles. The molecule has 2 aromatic carbocycles. The Labute approximate surface area is 171 Å². The van der Waals surface area contributed by atoms with E-state index in [4.69, 9.17) is 11.6 Å². The van der Waals surface area contributed by atoms with Crippen molar-refractivity contribution in [3.63, 3.8) is 0 Å². The lowest BCUT2D eigenvalue weighted by molar-refractivity contribution is -0.113. The molecule has 0 aliphatic rings. The first-order valence-corrected chi connectivity index (χ1v) is 10.5. The van der Waals surface area contributed by atoms with Crippen molar-refractivity contribution in [1.29, 1.82) is 0 Å². The van der Waals surface area contributed by atoms with Crippen molar-refractivity contribution in [2.24, 2.45) is 0 Å². The highest BCUT2D eigenvalue weighted by molar-refractivity contribution is 8.01. The molecule has 1 amide bonds. The summed E-state index contributed by atoms with van der Waals surface area (Å²) in [7, 11) is 0. The second-order valence-electron chi connectivity index (χ2n) is 6.07. The Morgan fingerprint density at radius 3 is 2.74 bits per heavy atom. The van der Waals surface area contributed by atoms with Gasteiger partial charge in [-0.15, -0.1) is 10.2 Å². The van der Waals surface area contributed by atoms with Crippen LogP contribution in [0.1, 0.15) is 16.7 Å². The molecule has 0 saturated carbocycles. The van der Waals surface area contributed by atoms with Gasteiger partial charge in [0.05, 0.1) is 16.5 Å². The number of thioether (sulfide) groups is 1. The van der Waals surface area contributed by atoms with Crippen molar-refractivity contribution in [3.8, 4) is 0 Å². The molecule has 0 bridgehead atoms. The van der Waals surface area contributed by atoms with Gasteiger partial charge in [-0.25, -0.2) is 0 Å². The number of carbonyl (C=O) groups is 1. The van der Waals surface area contributed by atoms with Crippen LogP contribution >= 0.6 is 34.7 Å². The molecular weight excluding hydrogens is 400 g/mol. The Morgan fingerprint density at radius 2 is 1.96 bits per heavy atom. The molecule has 5 nitrogen and oxygen atoms in total. The van der Waals surface area contributed by atoms with Crippen LogP contribution in [0.25, 0.3) is 0 Å². The molecule has 140 valence electrons. The van der Waals surface area contributed by atoms with E-state index in [1.54, 1.807) is 6.07 Å². The molecule has 0 atom stereocenters. The third-order valence-electron chi connectivity index (χ3n) is 3.98. The van der Waals surface area contributed by atoms with E-state index in [-0.39, 0.29) is 11.7 Å². The molecule has 0 spiro atoms. The molecular formula is C19H19ClN4OS2. The number of carbonyl (C=O) groups excluding carboxylic acids is 1. The smallest absolute Gasteiger partial charge is 0.234 e. The van der Waals surface area contributed by atoms with Crippen molar-refractivity contribution in [2.45, 2.75) is 25.1 Å². The van der Waals surface area contributed by atoms with E-state index in [2.05, 4.69) is 40.7 Å². The summed E-state index contributed by atoms with van der Waals surface area (Å²) in [5.41, 5.74) is 5.06. The number of rotatable bonds is 6. The monoisotopic (exact) mass is 418 g/mol. The van der Waals surface area contributed by atoms with Gasteiger partial charge in [-0.3, -0.25) is 4.79 Å². The third-order valence-corrected chi connectivity index (χ3v) is 6.26. The van der Waals surface area contributed by atoms with Crippen LogP contribution in [-0.2, 0) is 4.79 Å². The maximum Gasteiger partial charge on any atom is 0.234 e. The van der Waals surface area contributed by atoms with Crippen molar-refractivity contribution in [2.75, 3.05) is 16.4 Å². The van der Waals surface area contributed by atoms with Gasteiger partial charge < -0.3 is 10.6 Å². The van der Waals surface area contributed by atoms with Gasteiger partial charge in [0.25, 0.3) is 0 Å². The van der Waals surface area contributed by atoms with Crippen molar-refractivity contribution in [3.05, 3.63) is 58.1 Å². The fourth-order valence-corrected chi connectivity index (χ4v) is 4.20. The lowest BCUT2D eigenvalue weighted by atomic mass is 10.1. The van der Waals surface area contributed by atoms with E-state index < -0.39 is 0 Å². The average Bonchev–Trinajstić information content (AvgIpc) is 3.07. The molecule has 0 unspecified atom stereocenters. The molecule has 27 heavy (non-hydrogen) atoms. The first kappa shape index (κ1) is 19.7. The molecule has 3 rings (SSSR count).